The maximum Gasteiger partial charge on any atom is 0.129 e. The Morgan fingerprint density at radius 1 is 1.14 bits per heavy atom. The fourth-order valence-corrected chi connectivity index (χ4v) is 5.22. The number of nitrogens with zero attached hydrogens (tertiary/aromatic N) is 3. The van der Waals surface area contributed by atoms with E-state index in [0.29, 0.717) is 30.6 Å². The van der Waals surface area contributed by atoms with Gasteiger partial charge in [-0.3, -0.25) is 10.4 Å². The fourth-order valence-electron chi connectivity index (χ4n) is 5.22. The second-order valence-electron chi connectivity index (χ2n) is 8.52. The van der Waals surface area contributed by atoms with Gasteiger partial charge in [-0.1, -0.05) is 12.1 Å². The molecule has 3 fully saturated rings. The van der Waals surface area contributed by atoms with Crippen molar-refractivity contribution >= 4 is 5.82 Å². The van der Waals surface area contributed by atoms with Crippen molar-refractivity contribution in [2.24, 2.45) is 11.7 Å². The van der Waals surface area contributed by atoms with Crippen molar-refractivity contribution in [2.75, 3.05) is 24.5 Å². The van der Waals surface area contributed by atoms with Gasteiger partial charge in [0, 0.05) is 56.1 Å². The molecule has 0 radical (unpaired) electrons. The summed E-state index contributed by atoms with van der Waals surface area (Å²) in [7, 11) is 0. The van der Waals surface area contributed by atoms with E-state index in [2.05, 4.69) is 50.3 Å². The molecule has 3 aliphatic rings. The number of hydrogen-bond acceptors (Lipinski definition) is 7. The van der Waals surface area contributed by atoms with E-state index in [4.69, 9.17) is 10.7 Å². The molecule has 5 heterocycles. The Morgan fingerprint density at radius 3 is 2.97 bits per heavy atom. The van der Waals surface area contributed by atoms with Crippen LogP contribution < -0.4 is 26.8 Å². The molecule has 0 aliphatic carbocycles. The van der Waals surface area contributed by atoms with Crippen LogP contribution in [0, 0.1) is 5.92 Å². The van der Waals surface area contributed by atoms with Gasteiger partial charge in [-0.05, 0) is 49.4 Å². The first kappa shape index (κ1) is 18.9. The van der Waals surface area contributed by atoms with Gasteiger partial charge in [-0.2, -0.15) is 0 Å². The van der Waals surface area contributed by atoms with E-state index >= 15 is 0 Å². The third-order valence-corrected chi connectivity index (χ3v) is 6.82. The summed E-state index contributed by atoms with van der Waals surface area (Å²) >= 11 is 0. The first-order chi connectivity index (χ1) is 14.3. The Balaban J connectivity index is 1.37. The number of aromatic nitrogens is 2. The molecule has 0 aromatic carbocycles. The molecule has 5 unspecified atom stereocenters. The molecule has 0 spiro atoms. The molecule has 0 bridgehead atoms. The largest absolute Gasteiger partial charge is 0.352 e. The maximum absolute atomic E-state index is 6.05. The Hall–Kier alpha value is -2.06. The van der Waals surface area contributed by atoms with Crippen LogP contribution in [0.2, 0.25) is 0 Å². The highest BCUT2D eigenvalue weighted by molar-refractivity contribution is 5.42. The zero-order valence-electron chi connectivity index (χ0n) is 16.8. The number of pyridine rings is 2. The van der Waals surface area contributed by atoms with E-state index < -0.39 is 0 Å². The van der Waals surface area contributed by atoms with Gasteiger partial charge < -0.3 is 16.0 Å². The van der Waals surface area contributed by atoms with Crippen LogP contribution in [0.4, 0.5) is 5.82 Å². The van der Waals surface area contributed by atoms with Gasteiger partial charge in [0.1, 0.15) is 5.82 Å². The molecule has 2 aromatic rings. The minimum absolute atomic E-state index is 0.210. The van der Waals surface area contributed by atoms with Crippen LogP contribution >= 0.6 is 0 Å². The van der Waals surface area contributed by atoms with Crippen molar-refractivity contribution in [3.63, 3.8) is 0 Å². The first-order valence-electron chi connectivity index (χ1n) is 10.9. The maximum atomic E-state index is 6.05. The topological polar surface area (TPSA) is 91.1 Å². The monoisotopic (exact) mass is 393 g/mol. The van der Waals surface area contributed by atoms with Crippen molar-refractivity contribution < 1.29 is 0 Å². The normalized spacial score (nSPS) is 32.2. The molecule has 0 amide bonds. The summed E-state index contributed by atoms with van der Waals surface area (Å²) in [5.41, 5.74) is 15.5. The molecule has 0 saturated carbocycles. The Morgan fingerprint density at radius 2 is 2.10 bits per heavy atom. The summed E-state index contributed by atoms with van der Waals surface area (Å²) in [6, 6.07) is 12.0. The van der Waals surface area contributed by atoms with E-state index in [1.807, 2.05) is 18.5 Å². The second-order valence-corrected chi connectivity index (χ2v) is 8.52. The van der Waals surface area contributed by atoms with Crippen molar-refractivity contribution in [2.45, 2.75) is 49.9 Å². The van der Waals surface area contributed by atoms with Gasteiger partial charge in [0.15, 0.2) is 0 Å². The summed E-state index contributed by atoms with van der Waals surface area (Å²) in [5.74, 6) is 1.55. The first-order valence-corrected chi connectivity index (χ1v) is 10.9. The van der Waals surface area contributed by atoms with Gasteiger partial charge in [0.2, 0.25) is 0 Å². The average molecular weight is 394 g/mol. The number of rotatable bonds is 4. The smallest absolute Gasteiger partial charge is 0.129 e. The van der Waals surface area contributed by atoms with Crippen molar-refractivity contribution in [1.29, 1.82) is 0 Å². The van der Waals surface area contributed by atoms with Crippen LogP contribution in [0.15, 0.2) is 42.7 Å². The van der Waals surface area contributed by atoms with Gasteiger partial charge in [0.25, 0.3) is 0 Å². The molecule has 154 valence electrons. The highest BCUT2D eigenvalue weighted by Crippen LogP contribution is 2.38. The quantitative estimate of drug-likeness (QED) is 0.628. The number of nitrogens with two attached hydrogens (primary N) is 1. The van der Waals surface area contributed by atoms with Crippen LogP contribution in [-0.4, -0.2) is 41.7 Å². The standard InChI is InChI=1S/C22H31N7/c23-12-16-6-1-2-10-29(16)21-8-3-7-18(26-21)22-17-11-19(15-5-4-9-24-13-15)25-14-20(17)27-28-22/h3-5,7-9,13,16-17,19-20,22,25,27-28H,1-2,6,10-12,14,23H2. The van der Waals surface area contributed by atoms with E-state index in [0.717, 1.165) is 37.4 Å². The highest BCUT2D eigenvalue weighted by atomic mass is 15.4. The number of hydrazine groups is 1. The van der Waals surface area contributed by atoms with Crippen molar-refractivity contribution in [1.82, 2.24) is 26.1 Å². The third-order valence-electron chi connectivity index (χ3n) is 6.82. The lowest BCUT2D eigenvalue weighted by Gasteiger charge is -2.37. The summed E-state index contributed by atoms with van der Waals surface area (Å²) < 4.78 is 0. The average Bonchev–Trinajstić information content (AvgIpc) is 3.23. The van der Waals surface area contributed by atoms with E-state index in [1.165, 1.54) is 18.4 Å². The lowest BCUT2D eigenvalue weighted by Crippen LogP contribution is -2.46. The van der Waals surface area contributed by atoms with Crippen molar-refractivity contribution in [3.8, 4) is 0 Å². The van der Waals surface area contributed by atoms with Crippen LogP contribution in [0.3, 0.4) is 0 Å². The number of nitrogens with one attached hydrogen (secondary N) is 3. The lowest BCUT2D eigenvalue weighted by molar-refractivity contribution is 0.265. The van der Waals surface area contributed by atoms with Crippen LogP contribution in [0.5, 0.6) is 0 Å². The lowest BCUT2D eigenvalue weighted by atomic mass is 9.81. The molecule has 2 aromatic heterocycles. The number of anilines is 1. The molecule has 5 rings (SSSR count). The predicted molar refractivity (Wildman–Crippen MR) is 114 cm³/mol. The molecule has 5 N–H and O–H groups in total. The second kappa shape index (κ2) is 8.36. The van der Waals surface area contributed by atoms with E-state index in [9.17, 15) is 0 Å². The molecule has 7 nitrogen and oxygen atoms in total. The van der Waals surface area contributed by atoms with Gasteiger partial charge >= 0.3 is 0 Å². The Bertz CT molecular complexity index is 814. The summed E-state index contributed by atoms with van der Waals surface area (Å²) in [6.45, 7) is 2.68. The molecule has 5 atom stereocenters. The fraction of sp³-hybridized carbons (Fsp3) is 0.545. The zero-order valence-corrected chi connectivity index (χ0v) is 16.8. The molecule has 3 saturated heterocycles. The Labute approximate surface area is 172 Å². The molecule has 7 heteroatoms. The molecular weight excluding hydrogens is 362 g/mol. The van der Waals surface area contributed by atoms with Gasteiger partial charge in [-0.25, -0.2) is 10.4 Å². The minimum Gasteiger partial charge on any atom is -0.352 e. The zero-order chi connectivity index (χ0) is 19.6. The summed E-state index contributed by atoms with van der Waals surface area (Å²) in [4.78, 5) is 11.8. The summed E-state index contributed by atoms with van der Waals surface area (Å²) in [6.07, 6.45) is 8.51. The minimum atomic E-state index is 0.210. The number of piperidine rings is 2. The SMILES string of the molecule is NCC1CCCCN1c1cccc(C2NNC3CNC(c4cccnc4)CC32)n1. The molecule has 29 heavy (non-hydrogen) atoms. The predicted octanol–water partition coefficient (Wildman–Crippen LogP) is 1.66. The van der Waals surface area contributed by atoms with Crippen LogP contribution in [0.1, 0.15) is 49.0 Å². The molecule has 3 aliphatic heterocycles. The number of fused-ring (bicyclic) bond motifs is 1. The molecular formula is C22H31N7. The van der Waals surface area contributed by atoms with Crippen LogP contribution in [-0.2, 0) is 0 Å². The summed E-state index contributed by atoms with van der Waals surface area (Å²) in [5, 5.41) is 3.67. The van der Waals surface area contributed by atoms with Gasteiger partial charge in [0.05, 0.1) is 11.7 Å². The van der Waals surface area contributed by atoms with Gasteiger partial charge in [-0.15, -0.1) is 0 Å². The Kier molecular flexibility index (Phi) is 5.46. The third kappa shape index (κ3) is 3.75. The number of hydrogen-bond donors (Lipinski definition) is 4. The van der Waals surface area contributed by atoms with E-state index in [1.54, 1.807) is 0 Å². The van der Waals surface area contributed by atoms with Crippen LogP contribution in [0.25, 0.3) is 0 Å². The van der Waals surface area contributed by atoms with Crippen molar-refractivity contribution in [3.05, 3.63) is 54.0 Å². The highest BCUT2D eigenvalue weighted by Gasteiger charge is 2.42. The van der Waals surface area contributed by atoms with E-state index in [-0.39, 0.29) is 6.04 Å².